The number of benzene rings is 1. The van der Waals surface area contributed by atoms with Crippen LogP contribution in [-0.4, -0.2) is 26.7 Å². The maximum atomic E-state index is 13.8. The van der Waals surface area contributed by atoms with Crippen LogP contribution >= 0.6 is 0 Å². The Kier molecular flexibility index (Phi) is 5.22. The zero-order valence-electron chi connectivity index (χ0n) is 11.1. The molecule has 1 atom stereocenters. The van der Waals surface area contributed by atoms with E-state index in [0.717, 1.165) is 7.11 Å². The number of hydrogen-bond donors (Lipinski definition) is 0. The second-order valence-corrected chi connectivity index (χ2v) is 6.71. The zero-order valence-corrected chi connectivity index (χ0v) is 11.9. The lowest BCUT2D eigenvalue weighted by Crippen LogP contribution is -2.24. The molecule has 1 aromatic carbocycles. The summed E-state index contributed by atoms with van der Waals surface area (Å²) in [7, 11) is -2.55. The van der Waals surface area contributed by atoms with E-state index in [1.807, 2.05) is 0 Å². The van der Waals surface area contributed by atoms with Gasteiger partial charge in [-0.3, -0.25) is 4.79 Å². The maximum absolute atomic E-state index is 13.8. The topological polar surface area (TPSA) is 84.2 Å². The largest absolute Gasteiger partial charge is 0.469 e. The second kappa shape index (κ2) is 6.48. The van der Waals surface area contributed by atoms with Crippen molar-refractivity contribution in [1.82, 2.24) is 0 Å². The van der Waals surface area contributed by atoms with Crippen molar-refractivity contribution in [3.8, 4) is 6.07 Å². The van der Waals surface area contributed by atoms with E-state index < -0.39 is 32.6 Å². The molecule has 0 aliphatic heterocycles. The average molecular weight is 299 g/mol. The maximum Gasteiger partial charge on any atom is 0.306 e. The molecule has 20 heavy (non-hydrogen) atoms. The van der Waals surface area contributed by atoms with Crippen molar-refractivity contribution in [3.63, 3.8) is 0 Å². The number of halogens is 1. The third-order valence-electron chi connectivity index (χ3n) is 2.85. The van der Waals surface area contributed by atoms with Crippen molar-refractivity contribution in [2.75, 3.05) is 7.11 Å². The second-order valence-electron chi connectivity index (χ2n) is 4.29. The molecule has 1 aromatic rings. The van der Waals surface area contributed by atoms with Crippen molar-refractivity contribution < 1.29 is 22.3 Å². The lowest BCUT2D eigenvalue weighted by molar-refractivity contribution is -0.140. The Hall–Kier alpha value is -1.94. The molecule has 0 spiro atoms. The number of carbonyl (C=O) groups excluding carboxylic acids is 1. The minimum absolute atomic E-state index is 0.0826. The molecule has 1 unspecified atom stereocenters. The molecule has 0 amide bonds. The smallest absolute Gasteiger partial charge is 0.306 e. The number of nitriles is 1. The number of hydrogen-bond acceptors (Lipinski definition) is 5. The SMILES string of the molecule is COC(=O)CC(C)S(=O)(=O)Cc1cccc(C#N)c1F. The van der Waals surface area contributed by atoms with E-state index in [1.54, 1.807) is 6.07 Å². The van der Waals surface area contributed by atoms with Gasteiger partial charge in [0, 0.05) is 5.56 Å². The molecule has 0 aliphatic rings. The summed E-state index contributed by atoms with van der Waals surface area (Å²) in [5.41, 5.74) is -0.293. The fraction of sp³-hybridized carbons (Fsp3) is 0.385. The summed E-state index contributed by atoms with van der Waals surface area (Å²) in [6.07, 6.45) is -0.293. The summed E-state index contributed by atoms with van der Waals surface area (Å²) >= 11 is 0. The van der Waals surface area contributed by atoms with Gasteiger partial charge in [0.25, 0.3) is 0 Å². The average Bonchev–Trinajstić information content (AvgIpc) is 2.40. The van der Waals surface area contributed by atoms with Crippen LogP contribution in [0.1, 0.15) is 24.5 Å². The van der Waals surface area contributed by atoms with Gasteiger partial charge in [-0.25, -0.2) is 12.8 Å². The van der Waals surface area contributed by atoms with Gasteiger partial charge in [0.2, 0.25) is 0 Å². The predicted molar refractivity (Wildman–Crippen MR) is 69.8 cm³/mol. The molecular formula is C13H14FNO4S. The van der Waals surface area contributed by atoms with Gasteiger partial charge in [-0.15, -0.1) is 0 Å². The zero-order chi connectivity index (χ0) is 15.3. The molecule has 0 fully saturated rings. The van der Waals surface area contributed by atoms with Crippen LogP contribution in [0.2, 0.25) is 0 Å². The minimum atomic E-state index is -3.72. The number of rotatable bonds is 5. The standard InChI is InChI=1S/C13H14FNO4S/c1-9(6-12(16)19-2)20(17,18)8-11-5-3-4-10(7-15)13(11)14/h3-5,9H,6,8H2,1-2H3. The predicted octanol–water partition coefficient (Wildman–Crippen LogP) is 1.56. The Labute approximate surface area is 116 Å². The summed E-state index contributed by atoms with van der Waals surface area (Å²) in [5, 5.41) is 7.71. The molecular weight excluding hydrogens is 285 g/mol. The summed E-state index contributed by atoms with van der Waals surface area (Å²) in [6.45, 7) is 1.36. The van der Waals surface area contributed by atoms with Gasteiger partial charge in [-0.2, -0.15) is 5.26 Å². The quantitative estimate of drug-likeness (QED) is 0.770. The highest BCUT2D eigenvalue weighted by Crippen LogP contribution is 2.18. The molecule has 7 heteroatoms. The van der Waals surface area contributed by atoms with Crippen molar-refractivity contribution >= 4 is 15.8 Å². The number of nitrogens with zero attached hydrogens (tertiary/aromatic N) is 1. The van der Waals surface area contributed by atoms with Gasteiger partial charge in [0.05, 0.1) is 30.1 Å². The van der Waals surface area contributed by atoms with E-state index in [9.17, 15) is 17.6 Å². The molecule has 0 N–H and O–H groups in total. The number of carbonyl (C=O) groups is 1. The first-order chi connectivity index (χ1) is 9.31. The fourth-order valence-electron chi connectivity index (χ4n) is 1.58. The van der Waals surface area contributed by atoms with Gasteiger partial charge in [0.15, 0.2) is 9.84 Å². The minimum Gasteiger partial charge on any atom is -0.469 e. The van der Waals surface area contributed by atoms with E-state index in [2.05, 4.69) is 4.74 Å². The molecule has 0 saturated carbocycles. The van der Waals surface area contributed by atoms with Crippen LogP contribution in [0.25, 0.3) is 0 Å². The lowest BCUT2D eigenvalue weighted by atomic mass is 10.1. The van der Waals surface area contributed by atoms with Crippen LogP contribution in [-0.2, 0) is 25.1 Å². The molecule has 5 nitrogen and oxygen atoms in total. The first kappa shape index (κ1) is 16.1. The van der Waals surface area contributed by atoms with E-state index >= 15 is 0 Å². The molecule has 0 radical (unpaired) electrons. The first-order valence-electron chi connectivity index (χ1n) is 5.77. The molecule has 0 saturated heterocycles. The van der Waals surface area contributed by atoms with E-state index in [-0.39, 0.29) is 17.5 Å². The van der Waals surface area contributed by atoms with Crippen LogP contribution in [0, 0.1) is 17.1 Å². The van der Waals surface area contributed by atoms with Crippen LogP contribution < -0.4 is 0 Å². The highest BCUT2D eigenvalue weighted by Gasteiger charge is 2.26. The van der Waals surface area contributed by atoms with Crippen molar-refractivity contribution in [1.29, 1.82) is 5.26 Å². The molecule has 0 heterocycles. The highest BCUT2D eigenvalue weighted by molar-refractivity contribution is 7.91. The third kappa shape index (κ3) is 3.78. The summed E-state index contributed by atoms with van der Waals surface area (Å²) in [5.74, 6) is -2.05. The van der Waals surface area contributed by atoms with Crippen LogP contribution in [0.15, 0.2) is 18.2 Å². The number of methoxy groups -OCH3 is 1. The van der Waals surface area contributed by atoms with Gasteiger partial charge < -0.3 is 4.74 Å². The van der Waals surface area contributed by atoms with Crippen molar-refractivity contribution in [2.24, 2.45) is 0 Å². The number of esters is 1. The summed E-state index contributed by atoms with van der Waals surface area (Å²) in [6, 6.07) is 5.63. The summed E-state index contributed by atoms with van der Waals surface area (Å²) < 4.78 is 42.3. The van der Waals surface area contributed by atoms with Crippen LogP contribution in [0.4, 0.5) is 4.39 Å². The number of sulfone groups is 1. The van der Waals surface area contributed by atoms with Crippen molar-refractivity contribution in [3.05, 3.63) is 35.1 Å². The molecule has 0 aromatic heterocycles. The van der Waals surface area contributed by atoms with Gasteiger partial charge >= 0.3 is 5.97 Å². The Morgan fingerprint density at radius 1 is 1.50 bits per heavy atom. The van der Waals surface area contributed by atoms with Crippen molar-refractivity contribution in [2.45, 2.75) is 24.3 Å². The monoisotopic (exact) mass is 299 g/mol. The van der Waals surface area contributed by atoms with Gasteiger partial charge in [-0.05, 0) is 13.0 Å². The Morgan fingerprint density at radius 3 is 2.70 bits per heavy atom. The Balaban J connectivity index is 2.98. The highest BCUT2D eigenvalue weighted by atomic mass is 32.2. The van der Waals surface area contributed by atoms with Crippen LogP contribution in [0.3, 0.4) is 0 Å². The fourth-order valence-corrected chi connectivity index (χ4v) is 2.91. The molecule has 108 valence electrons. The Bertz CT molecular complexity index is 649. The molecule has 0 aliphatic carbocycles. The van der Waals surface area contributed by atoms with Gasteiger partial charge in [-0.1, -0.05) is 12.1 Å². The normalized spacial score (nSPS) is 12.5. The van der Waals surface area contributed by atoms with E-state index in [1.165, 1.54) is 25.1 Å². The molecule has 1 rings (SSSR count). The first-order valence-corrected chi connectivity index (χ1v) is 7.49. The van der Waals surface area contributed by atoms with E-state index in [0.29, 0.717) is 0 Å². The van der Waals surface area contributed by atoms with Gasteiger partial charge in [0.1, 0.15) is 11.9 Å². The van der Waals surface area contributed by atoms with Crippen LogP contribution in [0.5, 0.6) is 0 Å². The lowest BCUT2D eigenvalue weighted by Gasteiger charge is -2.12. The third-order valence-corrected chi connectivity index (χ3v) is 4.96. The Morgan fingerprint density at radius 2 is 2.15 bits per heavy atom. The molecule has 0 bridgehead atoms. The number of ether oxygens (including phenoxy) is 1. The van der Waals surface area contributed by atoms with E-state index in [4.69, 9.17) is 5.26 Å². The summed E-state index contributed by atoms with van der Waals surface area (Å²) in [4.78, 5) is 11.1.